The van der Waals surface area contributed by atoms with Crippen LogP contribution in [0.1, 0.15) is 33.3 Å². The highest BCUT2D eigenvalue weighted by Gasteiger charge is 2.53. The Bertz CT molecular complexity index is 748. The van der Waals surface area contributed by atoms with Crippen molar-refractivity contribution in [2.75, 3.05) is 44.4 Å². The Balaban J connectivity index is 1.47. The van der Waals surface area contributed by atoms with E-state index in [1.807, 2.05) is 6.07 Å². The molecule has 0 radical (unpaired) electrons. The highest BCUT2D eigenvalue weighted by molar-refractivity contribution is 6.62. The summed E-state index contributed by atoms with van der Waals surface area (Å²) >= 11 is 0. The Kier molecular flexibility index (Phi) is 3.64. The molecular formula is C20H28BNO5. The fourth-order valence-corrected chi connectivity index (χ4v) is 4.18. The lowest BCUT2D eigenvalue weighted by atomic mass is 9.74. The van der Waals surface area contributed by atoms with Crippen LogP contribution in [0.5, 0.6) is 0 Å². The van der Waals surface area contributed by atoms with E-state index in [4.69, 9.17) is 18.8 Å². The second-order valence-corrected chi connectivity index (χ2v) is 9.77. The van der Waals surface area contributed by atoms with Gasteiger partial charge in [-0.25, -0.2) is 0 Å². The summed E-state index contributed by atoms with van der Waals surface area (Å²) in [5.74, 6) is 0. The van der Waals surface area contributed by atoms with Crippen molar-refractivity contribution in [1.82, 2.24) is 0 Å². The topological polar surface area (TPSA) is 60.4 Å². The highest BCUT2D eigenvalue weighted by Crippen LogP contribution is 2.42. The Morgan fingerprint density at radius 2 is 1.48 bits per heavy atom. The Morgan fingerprint density at radius 1 is 0.889 bits per heavy atom. The van der Waals surface area contributed by atoms with E-state index in [9.17, 15) is 5.11 Å². The number of hydrogen-bond donors (Lipinski definition) is 1. The quantitative estimate of drug-likeness (QED) is 0.800. The molecule has 4 aliphatic heterocycles. The molecule has 0 aliphatic carbocycles. The van der Waals surface area contributed by atoms with Crippen LogP contribution in [-0.2, 0) is 24.4 Å². The monoisotopic (exact) mass is 373 g/mol. The summed E-state index contributed by atoms with van der Waals surface area (Å²) in [5.41, 5.74) is 1.56. The van der Waals surface area contributed by atoms with E-state index in [1.165, 1.54) is 0 Å². The van der Waals surface area contributed by atoms with Crippen molar-refractivity contribution in [1.29, 1.82) is 0 Å². The largest absolute Gasteiger partial charge is 0.494 e. The van der Waals surface area contributed by atoms with Crippen LogP contribution < -0.4 is 10.4 Å². The fraction of sp³-hybridized carbons (Fsp3) is 0.700. The number of ether oxygens (including phenoxy) is 2. The number of nitrogens with zero attached hydrogens (tertiary/aromatic N) is 1. The average molecular weight is 373 g/mol. The van der Waals surface area contributed by atoms with Gasteiger partial charge in [0.25, 0.3) is 0 Å². The Labute approximate surface area is 160 Å². The van der Waals surface area contributed by atoms with Gasteiger partial charge < -0.3 is 28.8 Å². The van der Waals surface area contributed by atoms with E-state index >= 15 is 0 Å². The first-order chi connectivity index (χ1) is 12.6. The summed E-state index contributed by atoms with van der Waals surface area (Å²) in [5, 5.41) is 10.9. The lowest BCUT2D eigenvalue weighted by molar-refractivity contribution is -0.184. The molecule has 0 atom stereocenters. The van der Waals surface area contributed by atoms with Gasteiger partial charge in [-0.05, 0) is 50.9 Å². The van der Waals surface area contributed by atoms with Gasteiger partial charge >= 0.3 is 7.12 Å². The molecule has 4 fully saturated rings. The zero-order valence-electron chi connectivity index (χ0n) is 16.6. The normalized spacial score (nSPS) is 29.2. The van der Waals surface area contributed by atoms with Crippen LogP contribution >= 0.6 is 0 Å². The van der Waals surface area contributed by atoms with E-state index in [0.29, 0.717) is 18.6 Å². The third-order valence-electron chi connectivity index (χ3n) is 6.92. The number of benzene rings is 1. The molecule has 0 saturated carbocycles. The van der Waals surface area contributed by atoms with Gasteiger partial charge in [-0.3, -0.25) is 0 Å². The maximum absolute atomic E-state index is 10.9. The molecule has 0 amide bonds. The summed E-state index contributed by atoms with van der Waals surface area (Å²) in [6.45, 7) is 12.6. The van der Waals surface area contributed by atoms with Gasteiger partial charge in [0.2, 0.25) is 0 Å². The van der Waals surface area contributed by atoms with E-state index < -0.39 is 23.9 Å². The van der Waals surface area contributed by atoms with E-state index in [-0.39, 0.29) is 0 Å². The third kappa shape index (κ3) is 2.67. The second kappa shape index (κ2) is 5.48. The lowest BCUT2D eigenvalue weighted by Gasteiger charge is -2.56. The van der Waals surface area contributed by atoms with E-state index in [2.05, 4.69) is 44.7 Å². The minimum atomic E-state index is -0.920. The molecule has 1 aromatic rings. The van der Waals surface area contributed by atoms with Crippen molar-refractivity contribution in [3.05, 3.63) is 23.8 Å². The summed E-state index contributed by atoms with van der Waals surface area (Å²) in [6.07, 6.45) is 0. The molecule has 5 rings (SSSR count). The van der Waals surface area contributed by atoms with Crippen LogP contribution in [0.15, 0.2) is 18.2 Å². The molecule has 6 nitrogen and oxygen atoms in total. The molecule has 0 bridgehead atoms. The molecule has 27 heavy (non-hydrogen) atoms. The van der Waals surface area contributed by atoms with Gasteiger partial charge in [0.15, 0.2) is 0 Å². The molecule has 4 aliphatic rings. The van der Waals surface area contributed by atoms with Crippen molar-refractivity contribution >= 4 is 18.3 Å². The molecule has 1 N–H and O–H groups in total. The van der Waals surface area contributed by atoms with E-state index in [0.717, 1.165) is 43.0 Å². The minimum absolute atomic E-state index is 0.330. The van der Waals surface area contributed by atoms with Crippen LogP contribution in [0, 0.1) is 5.41 Å². The van der Waals surface area contributed by atoms with E-state index in [1.54, 1.807) is 0 Å². The standard InChI is InChI=1S/C20H28BNO5/c1-17(2)18(3,4)27-21(26-17)15-5-14(20(23)12-25-13-20)6-16(7-15)22-8-19(9-22)10-24-11-19/h5-7,23H,8-13H2,1-4H3. The first-order valence-electron chi connectivity index (χ1n) is 9.76. The summed E-state index contributed by atoms with van der Waals surface area (Å²) in [7, 11) is -0.444. The number of anilines is 1. The fourth-order valence-electron chi connectivity index (χ4n) is 4.18. The SMILES string of the molecule is CC1(C)OB(c2cc(N3CC4(COC4)C3)cc(C3(O)COC3)c2)OC1(C)C. The zero-order chi connectivity index (χ0) is 19.1. The summed E-state index contributed by atoms with van der Waals surface area (Å²) in [4.78, 5) is 2.35. The Hall–Kier alpha value is -1.12. The van der Waals surface area contributed by atoms with Gasteiger partial charge in [0.1, 0.15) is 5.60 Å². The van der Waals surface area contributed by atoms with Gasteiger partial charge in [0.05, 0.1) is 43.0 Å². The van der Waals surface area contributed by atoms with Crippen LogP contribution in [-0.4, -0.2) is 62.9 Å². The van der Waals surface area contributed by atoms with Crippen LogP contribution in [0.25, 0.3) is 0 Å². The molecule has 0 unspecified atom stereocenters. The molecule has 7 heteroatoms. The predicted molar refractivity (Wildman–Crippen MR) is 102 cm³/mol. The lowest BCUT2D eigenvalue weighted by Crippen LogP contribution is -2.66. The van der Waals surface area contributed by atoms with Crippen molar-refractivity contribution in [2.24, 2.45) is 5.41 Å². The number of aliphatic hydroxyl groups is 1. The zero-order valence-corrected chi connectivity index (χ0v) is 16.6. The first kappa shape index (κ1) is 17.9. The minimum Gasteiger partial charge on any atom is -0.399 e. The molecule has 0 aromatic heterocycles. The molecule has 1 spiro atoms. The first-order valence-corrected chi connectivity index (χ1v) is 9.76. The van der Waals surface area contributed by atoms with Gasteiger partial charge in [-0.15, -0.1) is 0 Å². The maximum atomic E-state index is 10.9. The van der Waals surface area contributed by atoms with Crippen molar-refractivity contribution in [3.8, 4) is 0 Å². The second-order valence-electron chi connectivity index (χ2n) is 9.77. The third-order valence-corrected chi connectivity index (χ3v) is 6.92. The smallest absolute Gasteiger partial charge is 0.399 e. The van der Waals surface area contributed by atoms with Crippen LogP contribution in [0.2, 0.25) is 0 Å². The summed E-state index contributed by atoms with van der Waals surface area (Å²) in [6, 6.07) is 6.24. The Morgan fingerprint density at radius 3 is 1.96 bits per heavy atom. The summed E-state index contributed by atoms with van der Waals surface area (Å²) < 4.78 is 23.2. The van der Waals surface area contributed by atoms with Crippen molar-refractivity contribution in [2.45, 2.75) is 44.5 Å². The molecule has 146 valence electrons. The van der Waals surface area contributed by atoms with Gasteiger partial charge in [-0.1, -0.05) is 6.07 Å². The molecule has 4 saturated heterocycles. The number of hydrogen-bond acceptors (Lipinski definition) is 6. The predicted octanol–water partition coefficient (Wildman–Crippen LogP) is 1.04. The molecule has 1 aromatic carbocycles. The average Bonchev–Trinajstić information content (AvgIpc) is 2.70. The van der Waals surface area contributed by atoms with Crippen molar-refractivity contribution < 1.29 is 23.9 Å². The maximum Gasteiger partial charge on any atom is 0.494 e. The van der Waals surface area contributed by atoms with Crippen molar-refractivity contribution in [3.63, 3.8) is 0 Å². The number of rotatable bonds is 3. The van der Waals surface area contributed by atoms with Gasteiger partial charge in [0, 0.05) is 18.8 Å². The van der Waals surface area contributed by atoms with Gasteiger partial charge in [-0.2, -0.15) is 0 Å². The van der Waals surface area contributed by atoms with Crippen LogP contribution in [0.3, 0.4) is 0 Å². The molecular weight excluding hydrogens is 345 g/mol. The molecule has 4 heterocycles. The van der Waals surface area contributed by atoms with Crippen LogP contribution in [0.4, 0.5) is 5.69 Å². The highest BCUT2D eigenvalue weighted by atomic mass is 16.7.